The third-order valence-corrected chi connectivity index (χ3v) is 5.73. The lowest BCUT2D eigenvalue weighted by atomic mass is 10.00. The molecule has 0 aromatic heterocycles. The number of hydrogen-bond donors (Lipinski definition) is 1. The number of aliphatic hydroxyl groups is 1. The predicted octanol–water partition coefficient (Wildman–Crippen LogP) is 1.87. The van der Waals surface area contributed by atoms with E-state index in [1.165, 1.54) is 10.4 Å². The monoisotopic (exact) mass is 307 g/mol. The van der Waals surface area contributed by atoms with Gasteiger partial charge >= 0.3 is 0 Å². The Bertz CT molecular complexity index is 556. The van der Waals surface area contributed by atoms with Crippen LogP contribution in [0.15, 0.2) is 23.1 Å². The summed E-state index contributed by atoms with van der Waals surface area (Å²) >= 11 is 5.80. The summed E-state index contributed by atoms with van der Waals surface area (Å²) in [4.78, 5) is -0.0713. The van der Waals surface area contributed by atoms with Crippen LogP contribution in [0.3, 0.4) is 0 Å². The minimum absolute atomic E-state index is 0.0713. The molecule has 1 aromatic carbocycles. The molecule has 0 bridgehead atoms. The average molecular weight is 308 g/mol. The molecule has 1 N–H and O–H groups in total. The van der Waals surface area contributed by atoms with Crippen molar-refractivity contribution >= 4 is 21.6 Å². The van der Waals surface area contributed by atoms with E-state index in [1.807, 2.05) is 0 Å². The molecule has 1 saturated heterocycles. The zero-order valence-electron chi connectivity index (χ0n) is 10.2. The first-order valence-corrected chi connectivity index (χ1v) is 7.83. The van der Waals surface area contributed by atoms with Crippen LogP contribution in [0.25, 0.3) is 0 Å². The van der Waals surface area contributed by atoms with Gasteiger partial charge in [-0.15, -0.1) is 0 Å². The number of aliphatic hydroxyl groups excluding tert-OH is 1. The maximum absolute atomic E-state index is 13.0. The zero-order valence-corrected chi connectivity index (χ0v) is 11.8. The molecule has 19 heavy (non-hydrogen) atoms. The van der Waals surface area contributed by atoms with Crippen LogP contribution < -0.4 is 0 Å². The van der Waals surface area contributed by atoms with E-state index < -0.39 is 15.8 Å². The highest BCUT2D eigenvalue weighted by Gasteiger charge is 2.30. The van der Waals surface area contributed by atoms with E-state index in [-0.39, 0.29) is 22.4 Å². The fraction of sp³-hybridized carbons (Fsp3) is 0.500. The van der Waals surface area contributed by atoms with Crippen molar-refractivity contribution in [2.45, 2.75) is 17.7 Å². The molecule has 0 saturated carbocycles. The van der Waals surface area contributed by atoms with Crippen LogP contribution in [0, 0.1) is 11.7 Å². The Morgan fingerprint density at radius 3 is 2.53 bits per heavy atom. The van der Waals surface area contributed by atoms with Gasteiger partial charge in [0.2, 0.25) is 10.0 Å². The lowest BCUT2D eigenvalue weighted by molar-refractivity contribution is 0.170. The van der Waals surface area contributed by atoms with E-state index in [1.54, 1.807) is 0 Å². The van der Waals surface area contributed by atoms with Crippen molar-refractivity contribution in [2.24, 2.45) is 5.92 Å². The Balaban J connectivity index is 2.23. The molecule has 1 aromatic rings. The lowest BCUT2D eigenvalue weighted by Gasteiger charge is -2.30. The Hall–Kier alpha value is -0.690. The molecular weight excluding hydrogens is 293 g/mol. The molecule has 1 fully saturated rings. The number of benzene rings is 1. The van der Waals surface area contributed by atoms with Gasteiger partial charge in [-0.25, -0.2) is 12.8 Å². The summed E-state index contributed by atoms with van der Waals surface area (Å²) in [6.07, 6.45) is 1.24. The third-order valence-electron chi connectivity index (χ3n) is 3.34. The molecule has 106 valence electrons. The van der Waals surface area contributed by atoms with Crippen molar-refractivity contribution < 1.29 is 17.9 Å². The minimum Gasteiger partial charge on any atom is -0.396 e. The summed E-state index contributed by atoms with van der Waals surface area (Å²) in [6.45, 7) is 0.772. The Morgan fingerprint density at radius 1 is 1.37 bits per heavy atom. The van der Waals surface area contributed by atoms with Gasteiger partial charge in [0, 0.05) is 19.7 Å². The third kappa shape index (κ3) is 3.08. The molecule has 0 spiro atoms. The van der Waals surface area contributed by atoms with E-state index in [0.717, 1.165) is 12.1 Å². The maximum atomic E-state index is 13.0. The smallest absolute Gasteiger partial charge is 0.244 e. The van der Waals surface area contributed by atoms with Crippen LogP contribution in [0.5, 0.6) is 0 Å². The SMILES string of the molecule is O=S(=O)(c1ccc(F)cc1Cl)N1CCC(CO)CC1. The van der Waals surface area contributed by atoms with E-state index >= 15 is 0 Å². The van der Waals surface area contributed by atoms with Gasteiger partial charge in [-0.2, -0.15) is 4.31 Å². The summed E-state index contributed by atoms with van der Waals surface area (Å²) in [7, 11) is -3.69. The van der Waals surface area contributed by atoms with Crippen LogP contribution >= 0.6 is 11.6 Å². The number of halogens is 2. The first-order valence-electron chi connectivity index (χ1n) is 6.01. The molecule has 0 aliphatic carbocycles. The average Bonchev–Trinajstić information content (AvgIpc) is 2.38. The molecule has 0 unspecified atom stereocenters. The fourth-order valence-electron chi connectivity index (χ4n) is 2.16. The van der Waals surface area contributed by atoms with Crippen LogP contribution in [0.4, 0.5) is 4.39 Å². The molecule has 0 amide bonds. The van der Waals surface area contributed by atoms with Gasteiger partial charge in [-0.3, -0.25) is 0 Å². The van der Waals surface area contributed by atoms with Crippen molar-refractivity contribution in [1.82, 2.24) is 4.31 Å². The molecule has 2 rings (SSSR count). The van der Waals surface area contributed by atoms with Gasteiger partial charge in [0.25, 0.3) is 0 Å². The quantitative estimate of drug-likeness (QED) is 0.927. The van der Waals surface area contributed by atoms with Crippen LogP contribution in [0.1, 0.15) is 12.8 Å². The Labute approximate surface area is 116 Å². The van der Waals surface area contributed by atoms with Crippen molar-refractivity contribution in [1.29, 1.82) is 0 Å². The largest absolute Gasteiger partial charge is 0.396 e. The van der Waals surface area contributed by atoms with Gasteiger partial charge in [-0.1, -0.05) is 11.6 Å². The molecule has 0 radical (unpaired) electrons. The fourth-order valence-corrected chi connectivity index (χ4v) is 4.13. The van der Waals surface area contributed by atoms with Gasteiger partial charge in [0.15, 0.2) is 0 Å². The summed E-state index contributed by atoms with van der Waals surface area (Å²) in [5.74, 6) is -0.418. The minimum atomic E-state index is -3.69. The predicted molar refractivity (Wildman–Crippen MR) is 70.0 cm³/mol. The number of hydrogen-bond acceptors (Lipinski definition) is 3. The van der Waals surface area contributed by atoms with Crippen molar-refractivity contribution in [2.75, 3.05) is 19.7 Å². The van der Waals surface area contributed by atoms with E-state index in [4.69, 9.17) is 16.7 Å². The number of nitrogens with zero attached hydrogens (tertiary/aromatic N) is 1. The Kier molecular flexibility index (Phi) is 4.45. The topological polar surface area (TPSA) is 57.6 Å². The molecule has 1 aliphatic heterocycles. The highest BCUT2D eigenvalue weighted by Crippen LogP contribution is 2.28. The maximum Gasteiger partial charge on any atom is 0.244 e. The first kappa shape index (κ1) is 14.7. The summed E-state index contributed by atoms with van der Waals surface area (Å²) < 4.78 is 39.0. The van der Waals surface area contributed by atoms with Gasteiger partial charge in [0.1, 0.15) is 10.7 Å². The second-order valence-corrected chi connectivity index (χ2v) is 6.92. The van der Waals surface area contributed by atoms with Gasteiger partial charge in [-0.05, 0) is 37.0 Å². The second kappa shape index (κ2) is 5.75. The summed E-state index contributed by atoms with van der Waals surface area (Å²) in [6, 6.07) is 3.26. The van der Waals surface area contributed by atoms with Gasteiger partial charge < -0.3 is 5.11 Å². The molecule has 1 heterocycles. The molecule has 1 aliphatic rings. The van der Waals surface area contributed by atoms with Crippen molar-refractivity contribution in [3.05, 3.63) is 29.0 Å². The standard InChI is InChI=1S/C12H15ClFNO3S/c13-11-7-10(14)1-2-12(11)19(17,18)15-5-3-9(8-16)4-6-15/h1-2,7,9,16H,3-6,8H2. The second-order valence-electron chi connectivity index (χ2n) is 4.60. The normalized spacial score (nSPS) is 18.7. The lowest BCUT2D eigenvalue weighted by Crippen LogP contribution is -2.39. The zero-order chi connectivity index (χ0) is 14.0. The number of sulfonamides is 1. The highest BCUT2D eigenvalue weighted by atomic mass is 35.5. The van der Waals surface area contributed by atoms with Crippen LogP contribution in [-0.4, -0.2) is 37.5 Å². The number of piperidine rings is 1. The molecule has 7 heteroatoms. The van der Waals surface area contributed by atoms with E-state index in [0.29, 0.717) is 25.9 Å². The summed E-state index contributed by atoms with van der Waals surface area (Å²) in [5.41, 5.74) is 0. The Morgan fingerprint density at radius 2 is 2.00 bits per heavy atom. The van der Waals surface area contributed by atoms with Crippen LogP contribution in [0.2, 0.25) is 5.02 Å². The highest BCUT2D eigenvalue weighted by molar-refractivity contribution is 7.89. The van der Waals surface area contributed by atoms with Crippen molar-refractivity contribution in [3.8, 4) is 0 Å². The number of rotatable bonds is 3. The van der Waals surface area contributed by atoms with E-state index in [9.17, 15) is 12.8 Å². The van der Waals surface area contributed by atoms with Crippen molar-refractivity contribution in [3.63, 3.8) is 0 Å². The van der Waals surface area contributed by atoms with Gasteiger partial charge in [0.05, 0.1) is 5.02 Å². The molecule has 4 nitrogen and oxygen atoms in total. The van der Waals surface area contributed by atoms with Crippen LogP contribution in [-0.2, 0) is 10.0 Å². The molecule has 0 atom stereocenters. The molecular formula is C12H15ClFNO3S. The van der Waals surface area contributed by atoms with E-state index in [2.05, 4.69) is 0 Å². The first-order chi connectivity index (χ1) is 8.95. The summed E-state index contributed by atoms with van der Waals surface area (Å²) in [5, 5.41) is 8.93.